The summed E-state index contributed by atoms with van der Waals surface area (Å²) >= 11 is 0. The predicted octanol–water partition coefficient (Wildman–Crippen LogP) is 4.68. The number of anilines is 1. The highest BCUT2D eigenvalue weighted by Crippen LogP contribution is 2.40. The number of aromatic nitrogens is 1. The van der Waals surface area contributed by atoms with Gasteiger partial charge in [-0.15, -0.1) is 0 Å². The van der Waals surface area contributed by atoms with Crippen LogP contribution >= 0.6 is 0 Å². The highest BCUT2D eigenvalue weighted by Gasteiger charge is 2.27. The first-order valence-electron chi connectivity index (χ1n) is 11.8. The van der Waals surface area contributed by atoms with Crippen molar-refractivity contribution in [2.75, 3.05) is 38.7 Å². The number of piperidine rings is 1. The van der Waals surface area contributed by atoms with Crippen molar-refractivity contribution in [1.82, 2.24) is 9.88 Å². The van der Waals surface area contributed by atoms with Gasteiger partial charge in [0.05, 0.1) is 7.11 Å². The Hall–Kier alpha value is -3.25. The van der Waals surface area contributed by atoms with Crippen LogP contribution in [0.15, 0.2) is 59.8 Å². The Labute approximate surface area is 195 Å². The molecule has 33 heavy (non-hydrogen) atoms. The maximum Gasteiger partial charge on any atom is 0.126 e. The van der Waals surface area contributed by atoms with Gasteiger partial charge in [-0.25, -0.2) is 0 Å². The molecule has 2 aromatic rings. The van der Waals surface area contributed by atoms with Crippen LogP contribution in [0.25, 0.3) is 17.2 Å². The molecule has 5 rings (SSSR count). The Balaban J connectivity index is 1.35. The molecule has 1 aliphatic carbocycles. The summed E-state index contributed by atoms with van der Waals surface area (Å²) in [4.78, 5) is 5.57. The van der Waals surface area contributed by atoms with Crippen LogP contribution in [0.2, 0.25) is 0 Å². The number of ether oxygens (including phenoxy) is 1. The molecule has 4 N–H and O–H groups in total. The fourth-order valence-corrected chi connectivity index (χ4v) is 5.13. The number of benzene rings is 1. The summed E-state index contributed by atoms with van der Waals surface area (Å²) < 4.78 is 5.60. The summed E-state index contributed by atoms with van der Waals surface area (Å²) in [6.45, 7) is 2.76. The number of aromatic amines is 1. The van der Waals surface area contributed by atoms with Crippen LogP contribution in [0.3, 0.4) is 0 Å². The van der Waals surface area contributed by atoms with Crippen LogP contribution in [0.5, 0.6) is 5.75 Å². The Bertz CT molecular complexity index is 1120. The van der Waals surface area contributed by atoms with Gasteiger partial charge in [-0.3, -0.25) is 5.41 Å². The molecule has 6 nitrogen and oxygen atoms in total. The molecular weight excluding hydrogens is 412 g/mol. The number of amidine groups is 1. The normalized spacial score (nSPS) is 20.5. The molecule has 2 aliphatic heterocycles. The molecule has 0 radical (unpaired) electrons. The van der Waals surface area contributed by atoms with Crippen LogP contribution in [-0.2, 0) is 0 Å². The molecule has 172 valence electrons. The zero-order valence-corrected chi connectivity index (χ0v) is 19.1. The topological polar surface area (TPSA) is 84.4 Å². The molecule has 1 fully saturated rings. The van der Waals surface area contributed by atoms with Gasteiger partial charge in [0.2, 0.25) is 0 Å². The van der Waals surface area contributed by atoms with Crippen molar-refractivity contribution in [2.45, 2.75) is 19.3 Å². The number of hydrogen-bond donors (Lipinski definition) is 4. The smallest absolute Gasteiger partial charge is 0.126 e. The van der Waals surface area contributed by atoms with E-state index in [0.717, 1.165) is 67.2 Å². The average Bonchev–Trinajstić information content (AvgIpc) is 3.31. The zero-order valence-electron chi connectivity index (χ0n) is 19.1. The molecule has 1 unspecified atom stereocenters. The summed E-state index contributed by atoms with van der Waals surface area (Å²) in [7, 11) is 1.71. The number of methoxy groups -OCH3 is 1. The summed E-state index contributed by atoms with van der Waals surface area (Å²) in [6, 6.07) is 8.10. The molecule has 1 saturated heterocycles. The monoisotopic (exact) mass is 444 g/mol. The number of aliphatic hydroxyl groups excluding tert-OH is 1. The molecule has 0 spiro atoms. The maximum atomic E-state index is 9.41. The minimum atomic E-state index is 0.0953. The van der Waals surface area contributed by atoms with Gasteiger partial charge in [-0.05, 0) is 48.5 Å². The molecule has 1 aromatic heterocycles. The van der Waals surface area contributed by atoms with Gasteiger partial charge in [-0.2, -0.15) is 0 Å². The SMILES string of the molecule is COc1ccccc1-c1c[nH]c2c1C=C(C1=CC=CC(C(=N)N3CCC(CO)CC3)C1)CN2. The minimum Gasteiger partial charge on any atom is -0.496 e. The Morgan fingerprint density at radius 3 is 2.79 bits per heavy atom. The number of rotatable bonds is 5. The van der Waals surface area contributed by atoms with Crippen molar-refractivity contribution in [2.24, 2.45) is 11.8 Å². The third-order valence-corrected chi connectivity index (χ3v) is 7.15. The summed E-state index contributed by atoms with van der Waals surface area (Å²) in [6.07, 6.45) is 13.5. The first-order valence-corrected chi connectivity index (χ1v) is 11.8. The quantitative estimate of drug-likeness (QED) is 0.398. The predicted molar refractivity (Wildman–Crippen MR) is 134 cm³/mol. The van der Waals surface area contributed by atoms with Crippen molar-refractivity contribution >= 4 is 17.7 Å². The molecule has 0 amide bonds. The molecule has 0 bridgehead atoms. The number of allylic oxidation sites excluding steroid dienone is 2. The molecule has 6 heteroatoms. The van der Waals surface area contributed by atoms with Crippen LogP contribution in [0, 0.1) is 17.2 Å². The van der Waals surface area contributed by atoms with E-state index in [0.29, 0.717) is 11.8 Å². The lowest BCUT2D eigenvalue weighted by Crippen LogP contribution is -2.42. The van der Waals surface area contributed by atoms with Gasteiger partial charge < -0.3 is 25.0 Å². The van der Waals surface area contributed by atoms with E-state index >= 15 is 0 Å². The molecule has 1 atom stereocenters. The largest absolute Gasteiger partial charge is 0.496 e. The van der Waals surface area contributed by atoms with E-state index in [1.54, 1.807) is 7.11 Å². The van der Waals surface area contributed by atoms with Gasteiger partial charge >= 0.3 is 0 Å². The van der Waals surface area contributed by atoms with Gasteiger partial charge in [0.25, 0.3) is 0 Å². The van der Waals surface area contributed by atoms with Crippen molar-refractivity contribution < 1.29 is 9.84 Å². The Morgan fingerprint density at radius 2 is 2.00 bits per heavy atom. The number of likely N-dealkylation sites (tertiary alicyclic amines) is 1. The third-order valence-electron chi connectivity index (χ3n) is 7.15. The van der Waals surface area contributed by atoms with Crippen molar-refractivity contribution in [1.29, 1.82) is 5.41 Å². The van der Waals surface area contributed by atoms with E-state index < -0.39 is 0 Å². The van der Waals surface area contributed by atoms with Crippen molar-refractivity contribution in [3.63, 3.8) is 0 Å². The van der Waals surface area contributed by atoms with Crippen molar-refractivity contribution in [3.05, 3.63) is 65.4 Å². The molecule has 1 aromatic carbocycles. The van der Waals surface area contributed by atoms with Gasteiger partial charge in [-0.1, -0.05) is 36.4 Å². The fourth-order valence-electron chi connectivity index (χ4n) is 5.13. The highest BCUT2D eigenvalue weighted by atomic mass is 16.5. The van der Waals surface area contributed by atoms with E-state index in [1.165, 1.54) is 11.1 Å². The fraction of sp³-hybridized carbons (Fsp3) is 0.370. The van der Waals surface area contributed by atoms with Gasteiger partial charge in [0.15, 0.2) is 0 Å². The lowest BCUT2D eigenvalue weighted by atomic mass is 9.86. The van der Waals surface area contributed by atoms with Crippen LogP contribution in [0.1, 0.15) is 24.8 Å². The Kier molecular flexibility index (Phi) is 6.09. The standard InChI is InChI=1S/C27H32N4O2/c1-33-25-8-3-2-7-22(25)24-16-30-27-23(24)14-21(15-29-27)19-5-4-6-20(13-19)26(28)31-11-9-18(17-32)10-12-31/h2-8,14,16,18,20,28-30,32H,9-13,15,17H2,1H3. The van der Waals surface area contributed by atoms with Crippen LogP contribution < -0.4 is 10.1 Å². The lowest BCUT2D eigenvalue weighted by molar-refractivity contribution is 0.164. The molecule has 3 heterocycles. The second-order valence-corrected chi connectivity index (χ2v) is 9.10. The maximum absolute atomic E-state index is 9.41. The van der Waals surface area contributed by atoms with Crippen molar-refractivity contribution in [3.8, 4) is 16.9 Å². The van der Waals surface area contributed by atoms with E-state index in [1.807, 2.05) is 24.4 Å². The summed E-state index contributed by atoms with van der Waals surface area (Å²) in [5.74, 6) is 3.08. The van der Waals surface area contributed by atoms with E-state index in [2.05, 4.69) is 45.6 Å². The first kappa shape index (κ1) is 21.6. The van der Waals surface area contributed by atoms with E-state index in [-0.39, 0.29) is 12.5 Å². The van der Waals surface area contributed by atoms with E-state index in [4.69, 9.17) is 10.1 Å². The highest BCUT2D eigenvalue weighted by molar-refractivity contribution is 5.88. The average molecular weight is 445 g/mol. The van der Waals surface area contributed by atoms with Crippen LogP contribution in [-0.4, -0.2) is 54.2 Å². The summed E-state index contributed by atoms with van der Waals surface area (Å²) in [5, 5.41) is 21.8. The molecular formula is C27H32N4O2. The number of H-pyrrole nitrogens is 1. The minimum absolute atomic E-state index is 0.0953. The third kappa shape index (κ3) is 4.23. The molecule has 3 aliphatic rings. The first-order chi connectivity index (χ1) is 16.2. The van der Waals surface area contributed by atoms with Crippen LogP contribution in [0.4, 0.5) is 5.82 Å². The number of nitrogens with one attached hydrogen (secondary N) is 3. The number of fused-ring (bicyclic) bond motifs is 1. The molecule has 0 saturated carbocycles. The Morgan fingerprint density at radius 1 is 1.18 bits per heavy atom. The number of hydrogen-bond acceptors (Lipinski definition) is 4. The van der Waals surface area contributed by atoms with E-state index in [9.17, 15) is 5.11 Å². The second-order valence-electron chi connectivity index (χ2n) is 9.10. The zero-order chi connectivity index (χ0) is 22.8. The number of aliphatic hydroxyl groups is 1. The lowest BCUT2D eigenvalue weighted by Gasteiger charge is -2.36. The number of para-hydroxylation sites is 1. The summed E-state index contributed by atoms with van der Waals surface area (Å²) in [5.41, 5.74) is 5.88. The number of nitrogens with zero attached hydrogens (tertiary/aromatic N) is 1. The second kappa shape index (κ2) is 9.32. The van der Waals surface area contributed by atoms with Gasteiger partial charge in [0.1, 0.15) is 17.4 Å². The van der Waals surface area contributed by atoms with Gasteiger partial charge in [0, 0.05) is 55.0 Å².